The fraction of sp³-hybridized carbons (Fsp3) is 0.316. The second-order valence-corrected chi connectivity index (χ2v) is 6.62. The van der Waals surface area contributed by atoms with E-state index in [1.807, 2.05) is 12.3 Å². The number of fused-ring (bicyclic) bond motifs is 1. The highest BCUT2D eigenvalue weighted by molar-refractivity contribution is 5.22. The Morgan fingerprint density at radius 2 is 1.96 bits per heavy atom. The van der Waals surface area contributed by atoms with Gasteiger partial charge in [0.25, 0.3) is 0 Å². The predicted molar refractivity (Wildman–Crippen MR) is 96.8 cm³/mol. The fourth-order valence-electron chi connectivity index (χ4n) is 3.39. The highest BCUT2D eigenvalue weighted by atomic mass is 19.1. The minimum Gasteiger partial charge on any atom is -0.354 e. The summed E-state index contributed by atoms with van der Waals surface area (Å²) in [6.45, 7) is 3.99. The van der Waals surface area contributed by atoms with Crippen LogP contribution in [0.2, 0.25) is 0 Å². The third-order valence-electron chi connectivity index (χ3n) is 4.55. The van der Waals surface area contributed by atoms with Crippen LogP contribution in [0.5, 0.6) is 0 Å². The zero-order valence-electron chi connectivity index (χ0n) is 14.4. The molecule has 1 N–H and O–H groups in total. The molecule has 0 amide bonds. The smallest absolute Gasteiger partial charge is 0.222 e. The van der Waals surface area contributed by atoms with Crippen LogP contribution in [0.25, 0.3) is 0 Å². The van der Waals surface area contributed by atoms with Crippen molar-refractivity contribution in [3.63, 3.8) is 0 Å². The third-order valence-corrected chi connectivity index (χ3v) is 4.55. The second-order valence-electron chi connectivity index (χ2n) is 6.62. The first-order valence-corrected chi connectivity index (χ1v) is 8.74. The molecule has 4 rings (SSSR count). The molecule has 3 aromatic rings. The van der Waals surface area contributed by atoms with E-state index in [1.165, 1.54) is 11.8 Å². The van der Waals surface area contributed by atoms with Crippen LogP contribution in [-0.4, -0.2) is 37.7 Å². The Hall–Kier alpha value is -2.80. The largest absolute Gasteiger partial charge is 0.354 e. The topological polar surface area (TPSA) is 58.9 Å². The molecule has 1 unspecified atom stereocenters. The summed E-state index contributed by atoms with van der Waals surface area (Å²) in [5, 5.41) is 7.76. The summed E-state index contributed by atoms with van der Waals surface area (Å²) in [4.78, 5) is 10.8. The maximum atomic E-state index is 13.5. The molecule has 0 bridgehead atoms. The monoisotopic (exact) mass is 352 g/mol. The lowest BCUT2D eigenvalue weighted by molar-refractivity contribution is 0.225. The molecule has 1 aromatic carbocycles. The van der Waals surface area contributed by atoms with Gasteiger partial charge in [-0.25, -0.2) is 14.4 Å². The van der Waals surface area contributed by atoms with Crippen LogP contribution < -0.4 is 5.32 Å². The molecule has 1 atom stereocenters. The molecule has 6 nitrogen and oxygen atoms in total. The van der Waals surface area contributed by atoms with Gasteiger partial charge < -0.3 is 5.32 Å². The minimum absolute atomic E-state index is 0.193. The van der Waals surface area contributed by atoms with Gasteiger partial charge in [-0.15, -0.1) is 0 Å². The van der Waals surface area contributed by atoms with Crippen LogP contribution in [0.15, 0.2) is 55.0 Å². The average molecular weight is 352 g/mol. The van der Waals surface area contributed by atoms with Gasteiger partial charge in [-0.1, -0.05) is 12.1 Å². The zero-order chi connectivity index (χ0) is 17.8. The van der Waals surface area contributed by atoms with Crippen LogP contribution in [-0.2, 0) is 19.6 Å². The Kier molecular flexibility index (Phi) is 4.88. The van der Waals surface area contributed by atoms with E-state index in [0.717, 1.165) is 31.7 Å². The number of hydrogen-bond acceptors (Lipinski definition) is 5. The number of halogens is 1. The Bertz CT molecular complexity index is 850. The quantitative estimate of drug-likeness (QED) is 0.765. The summed E-state index contributed by atoms with van der Waals surface area (Å²) in [5.41, 5.74) is 2.16. The molecular formula is C19H21FN6. The Morgan fingerprint density at radius 3 is 2.81 bits per heavy atom. The Balaban J connectivity index is 1.48. The van der Waals surface area contributed by atoms with Crippen molar-refractivity contribution < 1.29 is 4.39 Å². The molecule has 26 heavy (non-hydrogen) atoms. The van der Waals surface area contributed by atoms with Crippen molar-refractivity contribution >= 4 is 5.95 Å². The Labute approximate surface area is 151 Å². The minimum atomic E-state index is -0.193. The first-order chi connectivity index (χ1) is 12.8. The van der Waals surface area contributed by atoms with Crippen LogP contribution >= 0.6 is 0 Å². The molecule has 0 saturated heterocycles. The highest BCUT2D eigenvalue weighted by Gasteiger charge is 2.22. The number of anilines is 1. The fourth-order valence-corrected chi connectivity index (χ4v) is 3.39. The van der Waals surface area contributed by atoms with Crippen LogP contribution in [0, 0.1) is 11.7 Å². The van der Waals surface area contributed by atoms with E-state index in [1.54, 1.807) is 30.6 Å². The molecule has 0 aliphatic carbocycles. The van der Waals surface area contributed by atoms with E-state index in [2.05, 4.69) is 36.0 Å². The van der Waals surface area contributed by atoms with E-state index in [-0.39, 0.29) is 5.82 Å². The SMILES string of the molecule is Fc1cccc(CN2Cc3ccnn3CC(CNc3ncccn3)C2)c1. The zero-order valence-corrected chi connectivity index (χ0v) is 14.4. The average Bonchev–Trinajstić information content (AvgIpc) is 3.00. The van der Waals surface area contributed by atoms with Crippen LogP contribution in [0.3, 0.4) is 0 Å². The van der Waals surface area contributed by atoms with E-state index in [0.29, 0.717) is 18.4 Å². The van der Waals surface area contributed by atoms with Gasteiger partial charge in [0.05, 0.1) is 5.69 Å². The van der Waals surface area contributed by atoms with Crippen LogP contribution in [0.4, 0.5) is 10.3 Å². The van der Waals surface area contributed by atoms with Crippen molar-refractivity contribution in [3.8, 4) is 0 Å². The third kappa shape index (κ3) is 4.05. The number of nitrogens with zero attached hydrogens (tertiary/aromatic N) is 5. The van der Waals surface area contributed by atoms with Crippen molar-refractivity contribution in [2.75, 3.05) is 18.4 Å². The van der Waals surface area contributed by atoms with Gasteiger partial charge in [0.2, 0.25) is 5.95 Å². The highest BCUT2D eigenvalue weighted by Crippen LogP contribution is 2.19. The standard InChI is InChI=1S/C19H21FN6/c20-17-4-1-3-15(9-17)11-25-12-16(10-23-19-21-6-2-7-22-19)13-26-18(14-25)5-8-24-26/h1-9,16H,10-14H2,(H,21,22,23). The summed E-state index contributed by atoms with van der Waals surface area (Å²) in [6, 6.07) is 10.7. The van der Waals surface area contributed by atoms with Gasteiger partial charge >= 0.3 is 0 Å². The molecule has 0 radical (unpaired) electrons. The first kappa shape index (κ1) is 16.7. The van der Waals surface area contributed by atoms with Gasteiger partial charge in [0.1, 0.15) is 5.82 Å². The van der Waals surface area contributed by atoms with Crippen molar-refractivity contribution in [3.05, 3.63) is 72.1 Å². The van der Waals surface area contributed by atoms with Crippen molar-refractivity contribution in [1.82, 2.24) is 24.6 Å². The molecule has 0 saturated carbocycles. The molecule has 2 aromatic heterocycles. The normalized spacial score (nSPS) is 17.5. The lowest BCUT2D eigenvalue weighted by Gasteiger charge is -2.24. The molecule has 3 heterocycles. The van der Waals surface area contributed by atoms with E-state index >= 15 is 0 Å². The molecule has 1 aliphatic heterocycles. The summed E-state index contributed by atoms with van der Waals surface area (Å²) in [6.07, 6.45) is 5.29. The number of rotatable bonds is 5. The summed E-state index contributed by atoms with van der Waals surface area (Å²) in [7, 11) is 0. The molecule has 0 fully saturated rings. The van der Waals surface area contributed by atoms with E-state index < -0.39 is 0 Å². The van der Waals surface area contributed by atoms with Gasteiger partial charge in [-0.05, 0) is 29.8 Å². The van der Waals surface area contributed by atoms with Crippen molar-refractivity contribution in [2.24, 2.45) is 5.92 Å². The molecular weight excluding hydrogens is 331 g/mol. The van der Waals surface area contributed by atoms with E-state index in [9.17, 15) is 4.39 Å². The summed E-state index contributed by atoms with van der Waals surface area (Å²) >= 11 is 0. The van der Waals surface area contributed by atoms with Crippen molar-refractivity contribution in [1.29, 1.82) is 0 Å². The summed E-state index contributed by atoms with van der Waals surface area (Å²) in [5.74, 6) is 0.782. The first-order valence-electron chi connectivity index (χ1n) is 8.74. The van der Waals surface area contributed by atoms with Crippen molar-refractivity contribution in [2.45, 2.75) is 19.6 Å². The number of hydrogen-bond donors (Lipinski definition) is 1. The maximum absolute atomic E-state index is 13.5. The lowest BCUT2D eigenvalue weighted by atomic mass is 10.1. The molecule has 134 valence electrons. The van der Waals surface area contributed by atoms with Gasteiger partial charge in [0, 0.05) is 57.2 Å². The Morgan fingerprint density at radius 1 is 1.08 bits per heavy atom. The number of aromatic nitrogens is 4. The van der Waals surface area contributed by atoms with Crippen LogP contribution in [0.1, 0.15) is 11.3 Å². The lowest BCUT2D eigenvalue weighted by Crippen LogP contribution is -2.31. The summed E-state index contributed by atoms with van der Waals surface area (Å²) < 4.78 is 15.6. The molecule has 0 spiro atoms. The number of benzene rings is 1. The van der Waals surface area contributed by atoms with E-state index in [4.69, 9.17) is 0 Å². The maximum Gasteiger partial charge on any atom is 0.222 e. The number of nitrogens with one attached hydrogen (secondary N) is 1. The van der Waals surface area contributed by atoms with Gasteiger partial charge in [-0.2, -0.15) is 5.10 Å². The second kappa shape index (κ2) is 7.61. The van der Waals surface area contributed by atoms with Gasteiger partial charge in [0.15, 0.2) is 0 Å². The predicted octanol–water partition coefficient (Wildman–Crippen LogP) is 2.56. The van der Waals surface area contributed by atoms with Gasteiger partial charge in [-0.3, -0.25) is 9.58 Å². The molecule has 7 heteroatoms. The molecule has 1 aliphatic rings.